The Bertz CT molecular complexity index is 570. The summed E-state index contributed by atoms with van der Waals surface area (Å²) in [6, 6.07) is 10.8. The molecule has 0 aliphatic heterocycles. The van der Waals surface area contributed by atoms with Gasteiger partial charge < -0.3 is 0 Å². The van der Waals surface area contributed by atoms with Gasteiger partial charge in [0.2, 0.25) is 0 Å². The minimum atomic E-state index is -0.585. The molecule has 20 heavy (non-hydrogen) atoms. The molecule has 2 rings (SSSR count). The summed E-state index contributed by atoms with van der Waals surface area (Å²) in [4.78, 5) is 0. The molecule has 1 unspecified atom stereocenters. The fourth-order valence-electron chi connectivity index (χ4n) is 2.15. The summed E-state index contributed by atoms with van der Waals surface area (Å²) in [5.41, 5.74) is 4.24. The normalized spacial score (nSPS) is 12.4. The molecule has 0 saturated carbocycles. The number of hydrazine groups is 1. The SMILES string of the molecule is NNC(Cc1cc(F)cc(F)c1)Cc1cccc(Cl)c1. The van der Waals surface area contributed by atoms with E-state index in [1.54, 1.807) is 6.07 Å². The first-order chi connectivity index (χ1) is 9.56. The lowest BCUT2D eigenvalue weighted by molar-refractivity contribution is 0.516. The molecule has 0 aliphatic carbocycles. The molecule has 0 aliphatic rings. The van der Waals surface area contributed by atoms with Crippen LogP contribution in [0.15, 0.2) is 42.5 Å². The lowest BCUT2D eigenvalue weighted by Crippen LogP contribution is -2.38. The van der Waals surface area contributed by atoms with Gasteiger partial charge in [-0.15, -0.1) is 0 Å². The van der Waals surface area contributed by atoms with Gasteiger partial charge in [-0.1, -0.05) is 23.7 Å². The Morgan fingerprint density at radius 2 is 1.65 bits per heavy atom. The van der Waals surface area contributed by atoms with Gasteiger partial charge in [0.25, 0.3) is 0 Å². The molecule has 0 bridgehead atoms. The van der Waals surface area contributed by atoms with Crippen molar-refractivity contribution in [2.24, 2.45) is 5.84 Å². The average molecular weight is 297 g/mol. The maximum absolute atomic E-state index is 13.2. The van der Waals surface area contributed by atoms with E-state index in [0.717, 1.165) is 11.6 Å². The summed E-state index contributed by atoms with van der Waals surface area (Å²) in [7, 11) is 0. The van der Waals surface area contributed by atoms with Crippen LogP contribution in [0.3, 0.4) is 0 Å². The minimum Gasteiger partial charge on any atom is -0.271 e. The van der Waals surface area contributed by atoms with Gasteiger partial charge in [0.1, 0.15) is 11.6 Å². The Labute approximate surface area is 121 Å². The molecule has 0 saturated heterocycles. The number of hydrogen-bond acceptors (Lipinski definition) is 2. The summed E-state index contributed by atoms with van der Waals surface area (Å²) in [6.45, 7) is 0. The van der Waals surface area contributed by atoms with Crippen molar-refractivity contribution >= 4 is 11.6 Å². The number of nitrogens with two attached hydrogens (primary N) is 1. The zero-order valence-corrected chi connectivity index (χ0v) is 11.5. The summed E-state index contributed by atoms with van der Waals surface area (Å²) in [6.07, 6.45) is 1.05. The van der Waals surface area contributed by atoms with E-state index in [2.05, 4.69) is 5.43 Å². The molecule has 2 aromatic carbocycles. The largest absolute Gasteiger partial charge is 0.271 e. The van der Waals surface area contributed by atoms with Crippen LogP contribution in [0.25, 0.3) is 0 Å². The van der Waals surface area contributed by atoms with Crippen molar-refractivity contribution in [1.29, 1.82) is 0 Å². The van der Waals surface area contributed by atoms with Crippen molar-refractivity contribution in [2.45, 2.75) is 18.9 Å². The zero-order valence-electron chi connectivity index (χ0n) is 10.7. The molecule has 0 radical (unpaired) electrons. The van der Waals surface area contributed by atoms with E-state index in [-0.39, 0.29) is 6.04 Å². The molecule has 2 nitrogen and oxygen atoms in total. The molecular weight excluding hydrogens is 282 g/mol. The van der Waals surface area contributed by atoms with Crippen LogP contribution < -0.4 is 11.3 Å². The van der Waals surface area contributed by atoms with Gasteiger partial charge in [0.15, 0.2) is 0 Å². The first-order valence-electron chi connectivity index (χ1n) is 6.22. The fraction of sp³-hybridized carbons (Fsp3) is 0.200. The molecule has 106 valence electrons. The second-order valence-electron chi connectivity index (χ2n) is 4.68. The second-order valence-corrected chi connectivity index (χ2v) is 5.12. The van der Waals surface area contributed by atoms with Crippen LogP contribution in [0, 0.1) is 11.6 Å². The number of rotatable bonds is 5. The van der Waals surface area contributed by atoms with E-state index < -0.39 is 11.6 Å². The molecule has 0 aromatic heterocycles. The Morgan fingerprint density at radius 1 is 1.00 bits per heavy atom. The third-order valence-corrected chi connectivity index (χ3v) is 3.25. The van der Waals surface area contributed by atoms with Gasteiger partial charge in [0, 0.05) is 17.1 Å². The first kappa shape index (κ1) is 14.9. The monoisotopic (exact) mass is 296 g/mol. The van der Waals surface area contributed by atoms with Crippen molar-refractivity contribution in [3.05, 3.63) is 70.2 Å². The summed E-state index contributed by atoms with van der Waals surface area (Å²) >= 11 is 5.92. The Kier molecular flexibility index (Phi) is 5.06. The standard InChI is InChI=1S/C15H15ClF2N2/c16-12-3-1-2-10(4-12)7-15(20-19)8-11-5-13(17)9-14(18)6-11/h1-6,9,15,20H,7-8,19H2. The highest BCUT2D eigenvalue weighted by molar-refractivity contribution is 6.30. The smallest absolute Gasteiger partial charge is 0.126 e. The van der Waals surface area contributed by atoms with E-state index in [1.807, 2.05) is 18.2 Å². The molecule has 0 fully saturated rings. The maximum atomic E-state index is 13.2. The number of benzene rings is 2. The van der Waals surface area contributed by atoms with E-state index >= 15 is 0 Å². The minimum absolute atomic E-state index is 0.130. The molecular formula is C15H15ClF2N2. The highest BCUT2D eigenvalue weighted by Gasteiger charge is 2.11. The molecule has 1 atom stereocenters. The van der Waals surface area contributed by atoms with Gasteiger partial charge in [-0.25, -0.2) is 8.78 Å². The maximum Gasteiger partial charge on any atom is 0.126 e. The highest BCUT2D eigenvalue weighted by atomic mass is 35.5. The number of hydrogen-bond donors (Lipinski definition) is 2. The van der Waals surface area contributed by atoms with Crippen LogP contribution in [-0.2, 0) is 12.8 Å². The van der Waals surface area contributed by atoms with Crippen LogP contribution in [0.4, 0.5) is 8.78 Å². The first-order valence-corrected chi connectivity index (χ1v) is 6.60. The van der Waals surface area contributed by atoms with E-state index in [4.69, 9.17) is 17.4 Å². The lowest BCUT2D eigenvalue weighted by atomic mass is 9.99. The van der Waals surface area contributed by atoms with E-state index in [0.29, 0.717) is 23.4 Å². The molecule has 0 spiro atoms. The molecule has 5 heteroatoms. The molecule has 0 heterocycles. The van der Waals surface area contributed by atoms with E-state index in [1.165, 1.54) is 12.1 Å². The topological polar surface area (TPSA) is 38.0 Å². The van der Waals surface area contributed by atoms with Crippen molar-refractivity contribution in [2.75, 3.05) is 0 Å². The van der Waals surface area contributed by atoms with Crippen molar-refractivity contribution in [3.8, 4) is 0 Å². The second kappa shape index (κ2) is 6.79. The van der Waals surface area contributed by atoms with Crippen molar-refractivity contribution < 1.29 is 8.78 Å². The summed E-state index contributed by atoms with van der Waals surface area (Å²) < 4.78 is 26.3. The lowest BCUT2D eigenvalue weighted by Gasteiger charge is -2.16. The predicted molar refractivity (Wildman–Crippen MR) is 76.3 cm³/mol. The average Bonchev–Trinajstić information content (AvgIpc) is 2.36. The van der Waals surface area contributed by atoms with Crippen LogP contribution in [0.2, 0.25) is 5.02 Å². The summed E-state index contributed by atoms with van der Waals surface area (Å²) in [5, 5.41) is 0.648. The Morgan fingerprint density at radius 3 is 2.25 bits per heavy atom. The third kappa shape index (κ3) is 4.27. The van der Waals surface area contributed by atoms with Gasteiger partial charge in [-0.3, -0.25) is 11.3 Å². The Balaban J connectivity index is 2.09. The van der Waals surface area contributed by atoms with Gasteiger partial charge in [-0.2, -0.15) is 0 Å². The quantitative estimate of drug-likeness (QED) is 0.657. The summed E-state index contributed by atoms with van der Waals surface area (Å²) in [5.74, 6) is 4.34. The molecule has 2 aromatic rings. The van der Waals surface area contributed by atoms with Crippen LogP contribution in [-0.4, -0.2) is 6.04 Å². The third-order valence-electron chi connectivity index (χ3n) is 3.01. The highest BCUT2D eigenvalue weighted by Crippen LogP contribution is 2.15. The van der Waals surface area contributed by atoms with Gasteiger partial charge in [-0.05, 0) is 48.2 Å². The predicted octanol–water partition coefficient (Wildman–Crippen LogP) is 3.24. The van der Waals surface area contributed by atoms with Crippen LogP contribution in [0.5, 0.6) is 0 Å². The molecule has 3 N–H and O–H groups in total. The van der Waals surface area contributed by atoms with Crippen LogP contribution >= 0.6 is 11.6 Å². The number of halogens is 3. The van der Waals surface area contributed by atoms with Crippen molar-refractivity contribution in [3.63, 3.8) is 0 Å². The van der Waals surface area contributed by atoms with Crippen LogP contribution in [0.1, 0.15) is 11.1 Å². The van der Waals surface area contributed by atoms with Crippen molar-refractivity contribution in [1.82, 2.24) is 5.43 Å². The molecule has 0 amide bonds. The number of nitrogens with one attached hydrogen (secondary N) is 1. The Hall–Kier alpha value is -1.49. The fourth-order valence-corrected chi connectivity index (χ4v) is 2.36. The van der Waals surface area contributed by atoms with E-state index in [9.17, 15) is 8.78 Å². The van der Waals surface area contributed by atoms with Gasteiger partial charge in [0.05, 0.1) is 0 Å². The van der Waals surface area contributed by atoms with Gasteiger partial charge >= 0.3 is 0 Å². The zero-order chi connectivity index (χ0) is 14.5.